The van der Waals surface area contributed by atoms with Crippen molar-refractivity contribution >= 4 is 82.4 Å². The maximum absolute atomic E-state index is 8.62. The highest BCUT2D eigenvalue weighted by molar-refractivity contribution is 6.17. The van der Waals surface area contributed by atoms with Crippen LogP contribution in [0.1, 0.15) is 6.85 Å². The molecule has 2 heterocycles. The molecule has 0 saturated heterocycles. The van der Waals surface area contributed by atoms with Gasteiger partial charge in [-0.05, 0) is 87.9 Å². The standard InChI is InChI=1S/C50H32N2O/c1-2-11-33(12-3-1)34-21-26-38(27-22-34)51(48-20-10-17-44-45-30-25-36-13-4-5-14-41(36)49(45)53-50(44)48)39-28-23-35-24-29-40(32-37(35)31-39)52-46-18-8-6-15-42(46)43-16-7-9-19-47(43)52/h1-32H/i1D,2D,3D,11D,12D. The van der Waals surface area contributed by atoms with Gasteiger partial charge in [-0.25, -0.2) is 0 Å². The number of hydrogen-bond donors (Lipinski definition) is 0. The summed E-state index contributed by atoms with van der Waals surface area (Å²) in [5.41, 5.74) is 8.16. The van der Waals surface area contributed by atoms with Crippen LogP contribution in [0.5, 0.6) is 0 Å². The lowest BCUT2D eigenvalue weighted by molar-refractivity contribution is 0.673. The number of rotatable bonds is 5. The predicted molar refractivity (Wildman–Crippen MR) is 223 cm³/mol. The van der Waals surface area contributed by atoms with Crippen LogP contribution in [0.2, 0.25) is 0 Å². The van der Waals surface area contributed by atoms with Gasteiger partial charge in [-0.3, -0.25) is 0 Å². The maximum Gasteiger partial charge on any atom is 0.159 e. The number of fused-ring (bicyclic) bond motifs is 9. The van der Waals surface area contributed by atoms with E-state index in [1.807, 2.05) is 36.4 Å². The van der Waals surface area contributed by atoms with Crippen LogP contribution in [0.25, 0.3) is 82.1 Å². The molecule has 0 radical (unpaired) electrons. The Morgan fingerprint density at radius 1 is 0.434 bits per heavy atom. The number of furan rings is 1. The molecule has 0 amide bonds. The van der Waals surface area contributed by atoms with E-state index in [1.165, 1.54) is 10.8 Å². The van der Waals surface area contributed by atoms with Crippen molar-refractivity contribution in [2.75, 3.05) is 4.90 Å². The molecule has 0 aliphatic heterocycles. The summed E-state index contributed by atoms with van der Waals surface area (Å²) in [7, 11) is 0. The molecule has 0 unspecified atom stereocenters. The van der Waals surface area contributed by atoms with Gasteiger partial charge in [0.1, 0.15) is 5.58 Å². The van der Waals surface area contributed by atoms with E-state index in [4.69, 9.17) is 11.3 Å². The average molecular weight is 682 g/mol. The summed E-state index contributed by atoms with van der Waals surface area (Å²) in [6, 6.07) is 54.7. The van der Waals surface area contributed by atoms with Gasteiger partial charge in [0, 0.05) is 44.0 Å². The molecule has 248 valence electrons. The maximum atomic E-state index is 8.62. The fourth-order valence-electron chi connectivity index (χ4n) is 7.99. The first kappa shape index (κ1) is 25.0. The van der Waals surface area contributed by atoms with E-state index in [0.717, 1.165) is 77.3 Å². The Balaban J connectivity index is 1.13. The Morgan fingerprint density at radius 2 is 1.08 bits per heavy atom. The van der Waals surface area contributed by atoms with E-state index in [-0.39, 0.29) is 29.7 Å². The van der Waals surface area contributed by atoms with Gasteiger partial charge in [0.05, 0.1) is 23.6 Å². The predicted octanol–water partition coefficient (Wildman–Crippen LogP) is 14.1. The van der Waals surface area contributed by atoms with Crippen molar-refractivity contribution in [3.63, 3.8) is 0 Å². The number of benzene rings is 9. The summed E-state index contributed by atoms with van der Waals surface area (Å²) in [5.74, 6) is 0. The van der Waals surface area contributed by atoms with E-state index in [9.17, 15) is 0 Å². The Morgan fingerprint density at radius 3 is 1.87 bits per heavy atom. The smallest absolute Gasteiger partial charge is 0.159 e. The van der Waals surface area contributed by atoms with Gasteiger partial charge >= 0.3 is 0 Å². The molecule has 0 saturated carbocycles. The summed E-state index contributed by atoms with van der Waals surface area (Å²) < 4.78 is 51.1. The third kappa shape index (κ3) is 4.68. The molecule has 0 spiro atoms. The quantitative estimate of drug-likeness (QED) is 0.180. The molecule has 0 aliphatic carbocycles. The molecular weight excluding hydrogens is 645 g/mol. The van der Waals surface area contributed by atoms with Crippen LogP contribution < -0.4 is 4.90 Å². The Kier molecular flexibility index (Phi) is 5.52. The summed E-state index contributed by atoms with van der Waals surface area (Å²) in [5, 5.41) is 8.73. The summed E-state index contributed by atoms with van der Waals surface area (Å²) in [6.07, 6.45) is 0. The van der Waals surface area contributed by atoms with Crippen LogP contribution in [0, 0.1) is 0 Å². The first-order valence-electron chi connectivity index (χ1n) is 20.2. The Bertz CT molecular complexity index is 3400. The van der Waals surface area contributed by atoms with Gasteiger partial charge in [-0.15, -0.1) is 0 Å². The number of nitrogens with zero attached hydrogens (tertiary/aromatic N) is 2. The van der Waals surface area contributed by atoms with Crippen LogP contribution in [0.15, 0.2) is 198 Å². The topological polar surface area (TPSA) is 21.3 Å². The lowest BCUT2D eigenvalue weighted by atomic mass is 10.0. The van der Waals surface area contributed by atoms with Crippen molar-refractivity contribution in [1.82, 2.24) is 4.57 Å². The molecule has 0 bridgehead atoms. The molecule has 0 fully saturated rings. The molecule has 0 atom stereocenters. The van der Waals surface area contributed by atoms with Crippen LogP contribution in [-0.2, 0) is 0 Å². The monoisotopic (exact) mass is 681 g/mol. The molecule has 3 nitrogen and oxygen atoms in total. The number of anilines is 3. The van der Waals surface area contributed by atoms with Crippen molar-refractivity contribution in [3.05, 3.63) is 194 Å². The van der Waals surface area contributed by atoms with Crippen molar-refractivity contribution in [2.24, 2.45) is 0 Å². The highest BCUT2D eigenvalue weighted by atomic mass is 16.3. The molecule has 9 aromatic carbocycles. The van der Waals surface area contributed by atoms with Gasteiger partial charge in [0.15, 0.2) is 5.58 Å². The van der Waals surface area contributed by atoms with E-state index >= 15 is 0 Å². The first-order valence-corrected chi connectivity index (χ1v) is 17.7. The average Bonchev–Trinajstić information content (AvgIpc) is 3.82. The minimum absolute atomic E-state index is 0.165. The fraction of sp³-hybridized carbons (Fsp3) is 0. The van der Waals surface area contributed by atoms with E-state index in [1.54, 1.807) is 0 Å². The third-order valence-corrected chi connectivity index (χ3v) is 10.4. The number of hydrogen-bond acceptors (Lipinski definition) is 2. The molecule has 0 aliphatic rings. The highest BCUT2D eigenvalue weighted by Gasteiger charge is 2.21. The largest absolute Gasteiger partial charge is 0.453 e. The number of para-hydroxylation sites is 3. The summed E-state index contributed by atoms with van der Waals surface area (Å²) >= 11 is 0. The molecule has 3 heteroatoms. The lowest BCUT2D eigenvalue weighted by Gasteiger charge is -2.26. The zero-order valence-corrected chi connectivity index (χ0v) is 28.4. The van der Waals surface area contributed by atoms with Crippen LogP contribution in [-0.4, -0.2) is 4.57 Å². The van der Waals surface area contributed by atoms with E-state index < -0.39 is 6.04 Å². The van der Waals surface area contributed by atoms with E-state index in [2.05, 4.69) is 137 Å². The molecule has 11 aromatic rings. The fourth-order valence-corrected chi connectivity index (χ4v) is 7.99. The van der Waals surface area contributed by atoms with Crippen molar-refractivity contribution < 1.29 is 11.3 Å². The second-order valence-electron chi connectivity index (χ2n) is 13.4. The summed E-state index contributed by atoms with van der Waals surface area (Å²) in [4.78, 5) is 2.17. The van der Waals surface area contributed by atoms with Crippen molar-refractivity contribution in [1.29, 1.82) is 0 Å². The molecule has 0 N–H and O–H groups in total. The van der Waals surface area contributed by atoms with Crippen LogP contribution >= 0.6 is 0 Å². The van der Waals surface area contributed by atoms with Crippen LogP contribution in [0.4, 0.5) is 17.1 Å². The number of aromatic nitrogens is 1. The van der Waals surface area contributed by atoms with Gasteiger partial charge in [0.2, 0.25) is 0 Å². The van der Waals surface area contributed by atoms with Gasteiger partial charge in [0.25, 0.3) is 0 Å². The summed E-state index contributed by atoms with van der Waals surface area (Å²) in [6.45, 7) is 0. The van der Waals surface area contributed by atoms with Gasteiger partial charge in [-0.2, -0.15) is 0 Å². The second-order valence-corrected chi connectivity index (χ2v) is 13.4. The minimum Gasteiger partial charge on any atom is -0.453 e. The molecule has 2 aromatic heterocycles. The molecule has 53 heavy (non-hydrogen) atoms. The van der Waals surface area contributed by atoms with Crippen LogP contribution in [0.3, 0.4) is 0 Å². The Hall–Kier alpha value is -7.10. The minimum atomic E-state index is -0.411. The third-order valence-electron chi connectivity index (χ3n) is 10.4. The lowest BCUT2D eigenvalue weighted by Crippen LogP contribution is -2.10. The zero-order chi connectivity index (χ0) is 39.2. The SMILES string of the molecule is [2H]c1c([2H])c([2H])c(-c2ccc(N(c3ccc4ccc(-n5c6ccccc6c6ccccc65)cc4c3)c3cccc4c3oc3c5ccccc5ccc43)cc2)c([2H])c1[2H]. The van der Waals surface area contributed by atoms with Crippen molar-refractivity contribution in [2.45, 2.75) is 0 Å². The first-order chi connectivity index (χ1) is 28.4. The van der Waals surface area contributed by atoms with Crippen molar-refractivity contribution in [3.8, 4) is 16.8 Å². The Labute approximate surface area is 313 Å². The van der Waals surface area contributed by atoms with E-state index in [0.29, 0.717) is 5.56 Å². The molecule has 11 rings (SSSR count). The molecular formula is C50H32N2O. The van der Waals surface area contributed by atoms with Gasteiger partial charge in [-0.1, -0.05) is 133 Å². The van der Waals surface area contributed by atoms with Gasteiger partial charge < -0.3 is 13.9 Å². The second kappa shape index (κ2) is 11.7. The zero-order valence-electron chi connectivity index (χ0n) is 33.4. The normalized spacial score (nSPS) is 13.1. The highest BCUT2D eigenvalue weighted by Crippen LogP contribution is 2.44.